The van der Waals surface area contributed by atoms with E-state index in [1.165, 1.54) is 4.31 Å². The van der Waals surface area contributed by atoms with Crippen LogP contribution in [0.1, 0.15) is 17.5 Å². The maximum Gasteiger partial charge on any atom is 0.243 e. The zero-order chi connectivity index (χ0) is 22.6. The average molecular weight is 455 g/mol. The summed E-state index contributed by atoms with van der Waals surface area (Å²) in [5, 5.41) is 9.76. The number of nitrogens with zero attached hydrogens (tertiary/aromatic N) is 4. The van der Waals surface area contributed by atoms with Crippen LogP contribution in [0.15, 0.2) is 47.4 Å². The monoisotopic (exact) mass is 454 g/mol. The number of morpholine rings is 1. The first kappa shape index (κ1) is 22.9. The molecule has 0 bridgehead atoms. The first-order chi connectivity index (χ1) is 15.5. The topological polar surface area (TPSA) is 76.9 Å². The first-order valence-electron chi connectivity index (χ1n) is 11.1. The number of nitriles is 1. The molecule has 0 atom stereocenters. The minimum absolute atomic E-state index is 0.268. The van der Waals surface area contributed by atoms with Crippen molar-refractivity contribution < 1.29 is 13.2 Å². The molecule has 2 aliphatic heterocycles. The molecule has 0 amide bonds. The van der Waals surface area contributed by atoms with Gasteiger partial charge in [0.1, 0.15) is 0 Å². The Morgan fingerprint density at radius 1 is 0.969 bits per heavy atom. The molecule has 7 nitrogen and oxygen atoms in total. The van der Waals surface area contributed by atoms with Gasteiger partial charge in [-0.3, -0.25) is 4.90 Å². The molecule has 0 saturated carbocycles. The highest BCUT2D eigenvalue weighted by molar-refractivity contribution is 7.89. The zero-order valence-corrected chi connectivity index (χ0v) is 19.4. The lowest BCUT2D eigenvalue weighted by molar-refractivity contribution is 0.0730. The summed E-state index contributed by atoms with van der Waals surface area (Å²) in [5.74, 6) is 0. The van der Waals surface area contributed by atoms with Crippen molar-refractivity contribution in [1.29, 1.82) is 5.26 Å². The largest absolute Gasteiger partial charge is 0.379 e. The number of hydrogen-bond donors (Lipinski definition) is 0. The third-order valence-electron chi connectivity index (χ3n) is 6.20. The molecule has 8 heteroatoms. The van der Waals surface area contributed by atoms with Crippen LogP contribution in [0.2, 0.25) is 0 Å². The molecule has 0 aromatic heterocycles. The van der Waals surface area contributed by atoms with E-state index in [1.807, 2.05) is 12.1 Å². The Balaban J connectivity index is 1.51. The van der Waals surface area contributed by atoms with Gasteiger partial charge in [0.2, 0.25) is 10.0 Å². The van der Waals surface area contributed by atoms with Crippen molar-refractivity contribution in [2.24, 2.45) is 0 Å². The van der Waals surface area contributed by atoms with Crippen LogP contribution in [0.4, 0.5) is 0 Å². The van der Waals surface area contributed by atoms with Crippen LogP contribution >= 0.6 is 0 Å². The fourth-order valence-corrected chi connectivity index (χ4v) is 5.70. The Morgan fingerprint density at radius 3 is 2.44 bits per heavy atom. The number of likely N-dealkylation sites (N-methyl/N-ethyl adjacent to an activating group) is 1. The fourth-order valence-electron chi connectivity index (χ4n) is 4.29. The molecular formula is C24H30N4O3S. The lowest BCUT2D eigenvalue weighted by Crippen LogP contribution is -2.40. The maximum absolute atomic E-state index is 12.8. The third-order valence-corrected chi connectivity index (χ3v) is 8.11. The van der Waals surface area contributed by atoms with Crippen molar-refractivity contribution in [3.05, 3.63) is 53.6 Å². The molecule has 0 spiro atoms. The highest BCUT2D eigenvalue weighted by Crippen LogP contribution is 2.27. The second-order valence-corrected chi connectivity index (χ2v) is 10.4. The van der Waals surface area contributed by atoms with Crippen molar-refractivity contribution in [2.45, 2.75) is 17.9 Å². The summed E-state index contributed by atoms with van der Waals surface area (Å²) in [7, 11) is -1.37. The molecule has 0 unspecified atom stereocenters. The van der Waals surface area contributed by atoms with Crippen molar-refractivity contribution in [1.82, 2.24) is 14.1 Å². The minimum atomic E-state index is -3.53. The van der Waals surface area contributed by atoms with E-state index in [0.29, 0.717) is 31.9 Å². The van der Waals surface area contributed by atoms with E-state index in [4.69, 9.17) is 4.74 Å². The molecule has 0 N–H and O–H groups in total. The summed E-state index contributed by atoms with van der Waals surface area (Å²) in [6, 6.07) is 15.2. The van der Waals surface area contributed by atoms with Crippen molar-refractivity contribution in [3.63, 3.8) is 0 Å². The molecule has 0 radical (unpaired) electrons. The number of benzene rings is 2. The summed E-state index contributed by atoms with van der Waals surface area (Å²) in [6.45, 7) is 6.69. The molecule has 0 aliphatic carbocycles. The van der Waals surface area contributed by atoms with Gasteiger partial charge in [0.15, 0.2) is 0 Å². The standard InChI is InChI=1S/C24H30N4O3S/c1-26-9-2-10-27(12-11-26)19-20-3-8-24(22(17-20)18-25)21-4-6-23(7-5-21)32(29,30)28-13-15-31-16-14-28/h3-8,17H,2,9-16,19H2,1H3. The summed E-state index contributed by atoms with van der Waals surface area (Å²) < 4.78 is 32.4. The van der Waals surface area contributed by atoms with Gasteiger partial charge in [-0.1, -0.05) is 24.3 Å². The van der Waals surface area contributed by atoms with Crippen LogP contribution in [-0.4, -0.2) is 82.1 Å². The predicted octanol–water partition coefficient (Wildman–Crippen LogP) is 2.38. The van der Waals surface area contributed by atoms with Crippen LogP contribution in [-0.2, 0) is 21.3 Å². The van der Waals surface area contributed by atoms with E-state index >= 15 is 0 Å². The molecule has 2 heterocycles. The van der Waals surface area contributed by atoms with Gasteiger partial charge in [0, 0.05) is 32.7 Å². The highest BCUT2D eigenvalue weighted by Gasteiger charge is 2.26. The Morgan fingerprint density at radius 2 is 1.72 bits per heavy atom. The Hall–Kier alpha value is -2.28. The normalized spacial score (nSPS) is 19.4. The molecule has 2 aromatic rings. The average Bonchev–Trinajstić information content (AvgIpc) is 3.03. The van der Waals surface area contributed by atoms with Gasteiger partial charge in [0.05, 0.1) is 29.7 Å². The second-order valence-electron chi connectivity index (χ2n) is 8.47. The van der Waals surface area contributed by atoms with Crippen LogP contribution in [0.3, 0.4) is 0 Å². The van der Waals surface area contributed by atoms with Gasteiger partial charge >= 0.3 is 0 Å². The molecule has 2 saturated heterocycles. The zero-order valence-electron chi connectivity index (χ0n) is 18.5. The molecule has 2 aliphatic rings. The fraction of sp³-hybridized carbons (Fsp3) is 0.458. The van der Waals surface area contributed by atoms with Crippen molar-refractivity contribution in [2.75, 3.05) is 59.5 Å². The first-order valence-corrected chi connectivity index (χ1v) is 12.5. The Labute approximate surface area is 190 Å². The second kappa shape index (κ2) is 10.1. The quantitative estimate of drug-likeness (QED) is 0.691. The molecule has 170 valence electrons. The van der Waals surface area contributed by atoms with Crippen molar-refractivity contribution in [3.8, 4) is 17.2 Å². The predicted molar refractivity (Wildman–Crippen MR) is 124 cm³/mol. The number of sulfonamides is 1. The van der Waals surface area contributed by atoms with E-state index in [-0.39, 0.29) is 4.90 Å². The van der Waals surface area contributed by atoms with Crippen LogP contribution in [0.25, 0.3) is 11.1 Å². The summed E-state index contributed by atoms with van der Waals surface area (Å²) in [5.41, 5.74) is 3.40. The smallest absolute Gasteiger partial charge is 0.243 e. The highest BCUT2D eigenvalue weighted by atomic mass is 32.2. The van der Waals surface area contributed by atoms with Crippen LogP contribution < -0.4 is 0 Å². The Kier molecular flexibility index (Phi) is 7.23. The van der Waals surface area contributed by atoms with Crippen molar-refractivity contribution >= 4 is 10.0 Å². The number of ether oxygens (including phenoxy) is 1. The summed E-state index contributed by atoms with van der Waals surface area (Å²) >= 11 is 0. The number of hydrogen-bond acceptors (Lipinski definition) is 6. The molecule has 2 aromatic carbocycles. The van der Waals surface area contributed by atoms with E-state index in [2.05, 4.69) is 29.0 Å². The van der Waals surface area contributed by atoms with Gasteiger partial charge < -0.3 is 9.64 Å². The van der Waals surface area contributed by atoms with E-state index in [1.54, 1.807) is 24.3 Å². The van der Waals surface area contributed by atoms with Gasteiger partial charge in [-0.05, 0) is 61.4 Å². The minimum Gasteiger partial charge on any atom is -0.379 e. The lowest BCUT2D eigenvalue weighted by atomic mass is 9.98. The SMILES string of the molecule is CN1CCCN(Cc2ccc(-c3ccc(S(=O)(=O)N4CCOCC4)cc3)c(C#N)c2)CC1. The van der Waals surface area contributed by atoms with Gasteiger partial charge in [0.25, 0.3) is 0 Å². The van der Waals surface area contributed by atoms with Gasteiger partial charge in [-0.2, -0.15) is 9.57 Å². The third kappa shape index (κ3) is 5.20. The molecule has 4 rings (SSSR count). The van der Waals surface area contributed by atoms with Gasteiger partial charge in [-0.25, -0.2) is 8.42 Å². The maximum atomic E-state index is 12.8. The lowest BCUT2D eigenvalue weighted by Gasteiger charge is -2.26. The molecule has 32 heavy (non-hydrogen) atoms. The molecule has 2 fully saturated rings. The Bertz CT molecular complexity index is 1070. The van der Waals surface area contributed by atoms with Crippen LogP contribution in [0, 0.1) is 11.3 Å². The number of rotatable bonds is 5. The van der Waals surface area contributed by atoms with E-state index < -0.39 is 10.0 Å². The van der Waals surface area contributed by atoms with Gasteiger partial charge in [-0.15, -0.1) is 0 Å². The van der Waals surface area contributed by atoms with Crippen LogP contribution in [0.5, 0.6) is 0 Å². The summed E-state index contributed by atoms with van der Waals surface area (Å²) in [6.07, 6.45) is 1.15. The van der Waals surface area contributed by atoms with E-state index in [9.17, 15) is 13.7 Å². The summed E-state index contributed by atoms with van der Waals surface area (Å²) in [4.78, 5) is 5.06. The molecular weight excluding hydrogens is 424 g/mol. The van der Waals surface area contributed by atoms with E-state index in [0.717, 1.165) is 55.8 Å².